The normalized spacial score (nSPS) is 24.4. The van der Waals surface area contributed by atoms with Crippen LogP contribution in [0.2, 0.25) is 0 Å². The molecule has 270 valence electrons. The van der Waals surface area contributed by atoms with E-state index < -0.39 is 115 Å². The van der Waals surface area contributed by atoms with Crippen molar-refractivity contribution in [3.63, 3.8) is 0 Å². The van der Waals surface area contributed by atoms with Gasteiger partial charge in [0.2, 0.25) is 23.6 Å². The molecule has 0 aliphatic carbocycles. The molecule has 0 unspecified atom stereocenters. The van der Waals surface area contributed by atoms with Crippen LogP contribution >= 0.6 is 0 Å². The number of rotatable bonds is 18. The molecule has 0 aromatic heterocycles. The smallest absolute Gasteiger partial charge is 0.320 e. The molecule has 16 N–H and O–H groups in total. The molecule has 2 saturated heterocycles. The van der Waals surface area contributed by atoms with Gasteiger partial charge in [0, 0.05) is 13.3 Å². The zero-order valence-electron chi connectivity index (χ0n) is 26.9. The minimum atomic E-state index is -1.75. The number of hydrogen-bond donors (Lipinski definition) is 9. The number of ether oxygens (including phenoxy) is 3. The number of nitrogens with one attached hydrogen (secondary N) is 4. The van der Waals surface area contributed by atoms with Crippen LogP contribution in [0.15, 0.2) is 0 Å². The highest BCUT2D eigenvalue weighted by atomic mass is 16.7. The van der Waals surface area contributed by atoms with Gasteiger partial charge in [-0.1, -0.05) is 0 Å². The van der Waals surface area contributed by atoms with Gasteiger partial charge in [-0.25, -0.2) is 0 Å². The van der Waals surface area contributed by atoms with Crippen LogP contribution in [-0.4, -0.2) is 119 Å². The second kappa shape index (κ2) is 19.6. The molecule has 4 amide bonds. The Hall–Kier alpha value is -3.99. The number of quaternary nitrogens is 2. The summed E-state index contributed by atoms with van der Waals surface area (Å²) in [4.78, 5) is 83.1. The summed E-state index contributed by atoms with van der Waals surface area (Å²) in [7, 11) is 0. The minimum Gasteiger partial charge on any atom is -0.548 e. The van der Waals surface area contributed by atoms with E-state index in [4.69, 9.17) is 25.1 Å². The van der Waals surface area contributed by atoms with E-state index in [-0.39, 0.29) is 38.2 Å². The molecular formula is C26H47N7O14. The van der Waals surface area contributed by atoms with Gasteiger partial charge in [0.15, 0.2) is 6.29 Å². The molecule has 0 aromatic rings. The summed E-state index contributed by atoms with van der Waals surface area (Å²) in [6.45, 7) is 3.86. The number of amides is 4. The van der Waals surface area contributed by atoms with Crippen molar-refractivity contribution >= 4 is 41.5 Å². The van der Waals surface area contributed by atoms with Crippen LogP contribution in [0.5, 0.6) is 0 Å². The zero-order valence-corrected chi connectivity index (χ0v) is 26.9. The third kappa shape index (κ3) is 13.0. The number of nitrogens with two attached hydrogens (primary N) is 1. The standard InChI is InChI=1S/C26H41N5O14.2H3N/c1-10(28-22(36)11(2)44-20-18(29-12(3)32)26-43-9-16(45-26)19(20)34)21(35)31-15(25(41)42)7-8-17(33)30-14(24(39)40)6-4-5-13(27)23(37)38;;/h10-11,13-16,18-20,26,34H,4-9,27H2,1-3H3,(H,28,36)(H,29,32)(H,30,33)(H,31,35)(H,37,38)(H,39,40)(H,41,42);2*1H3/t10-,11+,13-,14-,15+,16+,18+,19+,20+,26+;;/m0../s1. The highest BCUT2D eigenvalue weighted by Crippen LogP contribution is 2.30. The number of carboxylic acid groups (broad SMARTS) is 3. The van der Waals surface area contributed by atoms with E-state index in [0.29, 0.717) is 0 Å². The molecule has 2 aliphatic heterocycles. The minimum absolute atomic E-state index is 0. The maximum Gasteiger partial charge on any atom is 0.320 e. The first-order chi connectivity index (χ1) is 21.0. The van der Waals surface area contributed by atoms with Crippen molar-refractivity contribution in [3.05, 3.63) is 0 Å². The Morgan fingerprint density at radius 2 is 1.53 bits per heavy atom. The average Bonchev–Trinajstić information content (AvgIpc) is 3.41. The van der Waals surface area contributed by atoms with Crippen molar-refractivity contribution in [2.24, 2.45) is 5.73 Å². The Balaban J connectivity index is 0.0000106. The first-order valence-corrected chi connectivity index (χ1v) is 14.2. The number of aliphatic carboxylic acids is 3. The van der Waals surface area contributed by atoms with Gasteiger partial charge in [0.05, 0.1) is 30.6 Å². The fourth-order valence-corrected chi connectivity index (χ4v) is 4.63. The molecule has 21 nitrogen and oxygen atoms in total. The van der Waals surface area contributed by atoms with E-state index in [9.17, 15) is 48.9 Å². The molecule has 0 spiro atoms. The molecule has 2 fully saturated rings. The fourth-order valence-electron chi connectivity index (χ4n) is 4.63. The van der Waals surface area contributed by atoms with Crippen LogP contribution in [0.4, 0.5) is 0 Å². The molecular weight excluding hydrogens is 634 g/mol. The van der Waals surface area contributed by atoms with Gasteiger partial charge in [-0.15, -0.1) is 0 Å². The molecule has 0 saturated carbocycles. The number of aliphatic hydroxyl groups excluding tert-OH is 1. The van der Waals surface area contributed by atoms with Crippen LogP contribution in [-0.2, 0) is 47.8 Å². The van der Waals surface area contributed by atoms with Gasteiger partial charge in [-0.05, 0) is 39.5 Å². The van der Waals surface area contributed by atoms with Crippen LogP contribution in [0.1, 0.15) is 52.9 Å². The van der Waals surface area contributed by atoms with Gasteiger partial charge in [-0.2, -0.15) is 0 Å². The van der Waals surface area contributed by atoms with Crippen molar-refractivity contribution < 1.29 is 68.2 Å². The number of fused-ring (bicyclic) bond motifs is 2. The molecule has 2 bridgehead atoms. The van der Waals surface area contributed by atoms with Crippen LogP contribution in [0, 0.1) is 0 Å². The lowest BCUT2D eigenvalue weighted by Gasteiger charge is -2.39. The average molecular weight is 682 g/mol. The Morgan fingerprint density at radius 3 is 2.09 bits per heavy atom. The number of aliphatic hydroxyl groups is 1. The van der Waals surface area contributed by atoms with Crippen molar-refractivity contribution in [1.29, 1.82) is 0 Å². The van der Waals surface area contributed by atoms with E-state index in [2.05, 4.69) is 21.3 Å². The highest BCUT2D eigenvalue weighted by molar-refractivity contribution is 5.91. The molecule has 47 heavy (non-hydrogen) atoms. The quantitative estimate of drug-likeness (QED) is 0.0651. The summed E-state index contributed by atoms with van der Waals surface area (Å²) < 4.78 is 16.6. The van der Waals surface area contributed by atoms with Crippen LogP contribution in [0.3, 0.4) is 0 Å². The van der Waals surface area contributed by atoms with E-state index in [0.717, 1.165) is 0 Å². The Kier molecular flexibility index (Phi) is 18.0. The summed E-state index contributed by atoms with van der Waals surface area (Å²) in [5, 5.41) is 51.5. The summed E-state index contributed by atoms with van der Waals surface area (Å²) >= 11 is 0. The lowest BCUT2D eigenvalue weighted by Crippen LogP contribution is -2.62. The van der Waals surface area contributed by atoms with Crippen LogP contribution < -0.4 is 49.5 Å². The molecule has 2 rings (SSSR count). The van der Waals surface area contributed by atoms with E-state index in [1.54, 1.807) is 0 Å². The molecule has 0 aromatic carbocycles. The Bertz CT molecular complexity index is 1130. The molecule has 2 aliphatic rings. The molecule has 21 heteroatoms. The number of carbonyl (C=O) groups is 7. The monoisotopic (exact) mass is 681 g/mol. The fraction of sp³-hybridized carbons (Fsp3) is 0.731. The predicted octanol–water partition coefficient (Wildman–Crippen LogP) is -5.53. The first kappa shape index (κ1) is 43.0. The second-order valence-electron chi connectivity index (χ2n) is 10.8. The largest absolute Gasteiger partial charge is 0.548 e. The summed E-state index contributed by atoms with van der Waals surface area (Å²) in [6.07, 6.45) is -6.52. The van der Waals surface area contributed by atoms with Crippen molar-refractivity contribution in [3.8, 4) is 0 Å². The van der Waals surface area contributed by atoms with Gasteiger partial charge in [-0.3, -0.25) is 24.0 Å². The lowest BCUT2D eigenvalue weighted by atomic mass is 9.98. The summed E-state index contributed by atoms with van der Waals surface area (Å²) in [5.74, 6) is -7.78. The molecule has 2 heterocycles. The molecule has 10 atom stereocenters. The maximum absolute atomic E-state index is 12.8. The van der Waals surface area contributed by atoms with E-state index in [1.807, 2.05) is 0 Å². The topological polar surface area (TPSA) is 381 Å². The number of hydrogen-bond acceptors (Lipinski definition) is 14. The van der Waals surface area contributed by atoms with Crippen molar-refractivity contribution in [1.82, 2.24) is 33.6 Å². The highest BCUT2D eigenvalue weighted by Gasteiger charge is 2.52. The van der Waals surface area contributed by atoms with Crippen molar-refractivity contribution in [2.75, 3.05) is 6.61 Å². The van der Waals surface area contributed by atoms with Gasteiger partial charge in [0.25, 0.3) is 0 Å². The van der Waals surface area contributed by atoms with Gasteiger partial charge < -0.3 is 83.5 Å². The maximum atomic E-state index is 12.8. The van der Waals surface area contributed by atoms with Gasteiger partial charge >= 0.3 is 5.97 Å². The second-order valence-corrected chi connectivity index (χ2v) is 10.8. The number of carbonyl (C=O) groups excluding carboxylic acids is 6. The van der Waals surface area contributed by atoms with Gasteiger partial charge in [0.1, 0.15) is 42.5 Å². The van der Waals surface area contributed by atoms with Crippen molar-refractivity contribution in [2.45, 2.75) is 114 Å². The first-order valence-electron chi connectivity index (χ1n) is 14.2. The SMILES string of the molecule is CC(=O)N[C@H]1[C@@H]2OC[C@@H](O2)[C@@H](O)[C@@H]1O[C@H](C)C(=O)N[C@@H](C)C(=O)N[C@H](CCC(=O)N[C@@H](CCC[C@H](N)C(=O)O)C(=O)[O-])C(=O)[O-].[NH4+].[NH4+]. The lowest BCUT2D eigenvalue weighted by molar-refractivity contribution is -0.310. The third-order valence-electron chi connectivity index (χ3n) is 7.16. The summed E-state index contributed by atoms with van der Waals surface area (Å²) in [6, 6.07) is -6.65. The predicted molar refractivity (Wildman–Crippen MR) is 155 cm³/mol. The van der Waals surface area contributed by atoms with E-state index >= 15 is 0 Å². The third-order valence-corrected chi connectivity index (χ3v) is 7.16. The summed E-state index contributed by atoms with van der Waals surface area (Å²) in [5.41, 5.74) is 5.36. The van der Waals surface area contributed by atoms with Crippen LogP contribution in [0.25, 0.3) is 0 Å². The zero-order chi connectivity index (χ0) is 34.0. The molecule has 0 radical (unpaired) electrons. The van der Waals surface area contributed by atoms with E-state index in [1.165, 1.54) is 20.8 Å². The Labute approximate surface area is 269 Å². The Morgan fingerprint density at radius 1 is 0.936 bits per heavy atom. The number of carboxylic acids is 3.